The van der Waals surface area contributed by atoms with Gasteiger partial charge in [-0.25, -0.2) is 13.5 Å². The van der Waals surface area contributed by atoms with Gasteiger partial charge in [0.1, 0.15) is 0 Å². The SMILES string of the molecule is COc1cc(CNC(=O)c2nn(-c3ccc(F)c(F)c3)c3c2CCC3)ccc1OC(F)F. The van der Waals surface area contributed by atoms with Crippen molar-refractivity contribution in [1.29, 1.82) is 0 Å². The molecule has 0 saturated heterocycles. The van der Waals surface area contributed by atoms with E-state index in [0.29, 0.717) is 24.1 Å². The number of benzene rings is 2. The monoisotopic (exact) mass is 449 g/mol. The molecule has 1 heterocycles. The number of amides is 1. The normalized spacial score (nSPS) is 12.7. The number of nitrogens with zero attached hydrogens (tertiary/aromatic N) is 2. The number of fused-ring (bicyclic) bond motifs is 1. The molecule has 2 aromatic carbocycles. The summed E-state index contributed by atoms with van der Waals surface area (Å²) in [5.74, 6) is -2.39. The number of rotatable bonds is 7. The molecule has 0 radical (unpaired) electrons. The summed E-state index contributed by atoms with van der Waals surface area (Å²) < 4.78 is 62.9. The van der Waals surface area contributed by atoms with E-state index in [1.54, 1.807) is 0 Å². The lowest BCUT2D eigenvalue weighted by Gasteiger charge is -2.12. The number of carbonyl (C=O) groups is 1. The third kappa shape index (κ3) is 4.25. The van der Waals surface area contributed by atoms with E-state index in [-0.39, 0.29) is 23.7 Å². The van der Waals surface area contributed by atoms with E-state index >= 15 is 0 Å². The molecule has 0 aliphatic heterocycles. The minimum absolute atomic E-state index is 0.0942. The number of ether oxygens (including phenoxy) is 2. The third-order valence-electron chi connectivity index (χ3n) is 5.19. The van der Waals surface area contributed by atoms with Crippen molar-refractivity contribution in [2.24, 2.45) is 0 Å². The highest BCUT2D eigenvalue weighted by Crippen LogP contribution is 2.30. The van der Waals surface area contributed by atoms with E-state index in [9.17, 15) is 22.4 Å². The van der Waals surface area contributed by atoms with Crippen molar-refractivity contribution in [2.45, 2.75) is 32.4 Å². The lowest BCUT2D eigenvalue weighted by molar-refractivity contribution is -0.0512. The topological polar surface area (TPSA) is 65.4 Å². The molecule has 1 aliphatic carbocycles. The zero-order valence-electron chi connectivity index (χ0n) is 17.0. The predicted octanol–water partition coefficient (Wildman–Crippen LogP) is 4.18. The molecule has 0 atom stereocenters. The molecular weight excluding hydrogens is 430 g/mol. The van der Waals surface area contributed by atoms with Gasteiger partial charge < -0.3 is 14.8 Å². The van der Waals surface area contributed by atoms with Crippen LogP contribution in [0.3, 0.4) is 0 Å². The average molecular weight is 449 g/mol. The number of alkyl halides is 2. The molecule has 0 fully saturated rings. The van der Waals surface area contributed by atoms with E-state index in [1.165, 1.54) is 36.1 Å². The van der Waals surface area contributed by atoms with Gasteiger partial charge in [-0.3, -0.25) is 4.79 Å². The fourth-order valence-electron chi connectivity index (χ4n) is 3.73. The maximum absolute atomic E-state index is 13.7. The van der Waals surface area contributed by atoms with E-state index < -0.39 is 24.2 Å². The summed E-state index contributed by atoms with van der Waals surface area (Å²) in [6.45, 7) is -2.89. The molecule has 0 saturated carbocycles. The molecule has 1 N–H and O–H groups in total. The maximum atomic E-state index is 13.7. The standard InChI is InChI=1S/C22H19F4N3O3/c1-31-19-9-12(5-8-18(19)32-22(25)26)11-27-21(30)20-14-3-2-4-17(14)29(28-20)13-6-7-15(23)16(24)10-13/h5-10,22H,2-4,11H2,1H3,(H,27,30). The second-order valence-electron chi connectivity index (χ2n) is 7.18. The molecule has 1 amide bonds. The van der Waals surface area contributed by atoms with Crippen molar-refractivity contribution in [2.75, 3.05) is 7.11 Å². The Labute approximate surface area is 180 Å². The highest BCUT2D eigenvalue weighted by molar-refractivity contribution is 5.94. The van der Waals surface area contributed by atoms with Crippen molar-refractivity contribution in [3.05, 3.63) is 70.5 Å². The molecule has 0 spiro atoms. The van der Waals surface area contributed by atoms with E-state index in [4.69, 9.17) is 4.74 Å². The summed E-state index contributed by atoms with van der Waals surface area (Å²) in [7, 11) is 1.32. The van der Waals surface area contributed by atoms with Crippen LogP contribution in [0.1, 0.15) is 33.7 Å². The second kappa shape index (κ2) is 8.89. The summed E-state index contributed by atoms with van der Waals surface area (Å²) in [6.07, 6.45) is 2.13. The van der Waals surface area contributed by atoms with Gasteiger partial charge in [-0.1, -0.05) is 6.07 Å². The predicted molar refractivity (Wildman–Crippen MR) is 106 cm³/mol. The summed E-state index contributed by atoms with van der Waals surface area (Å²) >= 11 is 0. The van der Waals surface area contributed by atoms with Crippen LogP contribution in [0, 0.1) is 11.6 Å². The van der Waals surface area contributed by atoms with Gasteiger partial charge >= 0.3 is 6.61 Å². The molecule has 1 aliphatic rings. The molecule has 32 heavy (non-hydrogen) atoms. The van der Waals surface area contributed by atoms with Crippen LogP contribution in [0.25, 0.3) is 5.69 Å². The van der Waals surface area contributed by atoms with Crippen LogP contribution >= 0.6 is 0 Å². The van der Waals surface area contributed by atoms with Gasteiger partial charge in [0.05, 0.1) is 12.8 Å². The Kier molecular flexibility index (Phi) is 6.02. The quantitative estimate of drug-likeness (QED) is 0.550. The van der Waals surface area contributed by atoms with Crippen LogP contribution < -0.4 is 14.8 Å². The molecule has 6 nitrogen and oxygen atoms in total. The summed E-state index contributed by atoms with van der Waals surface area (Å²) in [6, 6.07) is 7.82. The van der Waals surface area contributed by atoms with Crippen molar-refractivity contribution in [3.63, 3.8) is 0 Å². The first-order valence-corrected chi connectivity index (χ1v) is 9.83. The van der Waals surface area contributed by atoms with Gasteiger partial charge in [-0.15, -0.1) is 0 Å². The zero-order chi connectivity index (χ0) is 22.8. The van der Waals surface area contributed by atoms with Crippen molar-refractivity contribution in [3.8, 4) is 17.2 Å². The van der Waals surface area contributed by atoms with Gasteiger partial charge in [0.15, 0.2) is 28.8 Å². The van der Waals surface area contributed by atoms with Crippen LogP contribution in [-0.2, 0) is 19.4 Å². The number of methoxy groups -OCH3 is 1. The molecule has 1 aromatic heterocycles. The molecule has 10 heteroatoms. The van der Waals surface area contributed by atoms with Crippen molar-refractivity contribution in [1.82, 2.24) is 15.1 Å². The first kappa shape index (κ1) is 21.7. The first-order valence-electron chi connectivity index (χ1n) is 9.83. The lowest BCUT2D eigenvalue weighted by Crippen LogP contribution is -2.24. The van der Waals surface area contributed by atoms with Crippen LogP contribution in [-0.4, -0.2) is 29.4 Å². The highest BCUT2D eigenvalue weighted by Gasteiger charge is 2.27. The first-order chi connectivity index (χ1) is 15.4. The van der Waals surface area contributed by atoms with Crippen LogP contribution in [0.15, 0.2) is 36.4 Å². The third-order valence-corrected chi connectivity index (χ3v) is 5.19. The summed E-state index contributed by atoms with van der Waals surface area (Å²) in [5, 5.41) is 7.10. The Morgan fingerprint density at radius 2 is 1.94 bits per heavy atom. The molecule has 0 unspecified atom stereocenters. The summed E-state index contributed by atoms with van der Waals surface area (Å²) in [5.41, 5.74) is 2.71. The molecule has 0 bridgehead atoms. The average Bonchev–Trinajstić information content (AvgIpc) is 3.37. The molecule has 4 rings (SSSR count). The lowest BCUT2D eigenvalue weighted by atomic mass is 10.1. The Morgan fingerprint density at radius 1 is 1.12 bits per heavy atom. The van der Waals surface area contributed by atoms with Crippen molar-refractivity contribution >= 4 is 5.91 Å². The van der Waals surface area contributed by atoms with Gasteiger partial charge in [0.2, 0.25) is 0 Å². The summed E-state index contributed by atoms with van der Waals surface area (Å²) in [4.78, 5) is 12.8. The Morgan fingerprint density at radius 3 is 2.66 bits per heavy atom. The largest absolute Gasteiger partial charge is 0.493 e. The number of carbonyl (C=O) groups excluding carboxylic acids is 1. The Hall–Kier alpha value is -3.56. The number of nitrogens with one attached hydrogen (secondary N) is 1. The number of aromatic nitrogens is 2. The molecule has 168 valence electrons. The fourth-order valence-corrected chi connectivity index (χ4v) is 3.73. The molecular formula is C22H19F4N3O3. The Balaban J connectivity index is 1.54. The molecule has 3 aromatic rings. The second-order valence-corrected chi connectivity index (χ2v) is 7.18. The number of hydrogen-bond donors (Lipinski definition) is 1. The minimum atomic E-state index is -2.98. The Bertz CT molecular complexity index is 1160. The van der Waals surface area contributed by atoms with Gasteiger partial charge in [-0.2, -0.15) is 13.9 Å². The number of hydrogen-bond acceptors (Lipinski definition) is 4. The minimum Gasteiger partial charge on any atom is -0.493 e. The van der Waals surface area contributed by atoms with E-state index in [0.717, 1.165) is 29.8 Å². The van der Waals surface area contributed by atoms with Gasteiger partial charge in [0, 0.05) is 23.9 Å². The van der Waals surface area contributed by atoms with Crippen LogP contribution in [0.2, 0.25) is 0 Å². The van der Waals surface area contributed by atoms with E-state index in [1.807, 2.05) is 0 Å². The van der Waals surface area contributed by atoms with Crippen LogP contribution in [0.5, 0.6) is 11.5 Å². The fraction of sp³-hybridized carbons (Fsp3) is 0.273. The van der Waals surface area contributed by atoms with E-state index in [2.05, 4.69) is 15.2 Å². The highest BCUT2D eigenvalue weighted by atomic mass is 19.3. The smallest absolute Gasteiger partial charge is 0.387 e. The van der Waals surface area contributed by atoms with Gasteiger partial charge in [0.25, 0.3) is 5.91 Å². The number of halogens is 4. The van der Waals surface area contributed by atoms with Crippen molar-refractivity contribution < 1.29 is 31.8 Å². The van der Waals surface area contributed by atoms with Gasteiger partial charge in [-0.05, 0) is 49.1 Å². The maximum Gasteiger partial charge on any atom is 0.387 e. The zero-order valence-corrected chi connectivity index (χ0v) is 17.0. The van der Waals surface area contributed by atoms with Crippen LogP contribution in [0.4, 0.5) is 17.6 Å².